The first-order valence-corrected chi connectivity index (χ1v) is 19.4. The van der Waals surface area contributed by atoms with Crippen LogP contribution in [0.15, 0.2) is 66.9 Å². The summed E-state index contributed by atoms with van der Waals surface area (Å²) in [5, 5.41) is 13.0. The fourth-order valence-corrected chi connectivity index (χ4v) is 10.1. The molecular formula is C39H46ClN3O4S. The summed E-state index contributed by atoms with van der Waals surface area (Å²) < 4.78 is 23.3. The van der Waals surface area contributed by atoms with Crippen molar-refractivity contribution < 1.29 is 18.8 Å². The quantitative estimate of drug-likeness (QED) is 0.217. The molecule has 0 radical (unpaired) electrons. The summed E-state index contributed by atoms with van der Waals surface area (Å²) in [6, 6.07) is 15.7. The molecule has 1 saturated carbocycles. The number of carbonyl (C=O) groups excluding carboxylic acids is 1. The lowest BCUT2D eigenvalue weighted by molar-refractivity contribution is -0.0502. The van der Waals surface area contributed by atoms with Gasteiger partial charge in [0.15, 0.2) is 0 Å². The van der Waals surface area contributed by atoms with Crippen LogP contribution >= 0.6 is 11.6 Å². The van der Waals surface area contributed by atoms with Crippen molar-refractivity contribution in [2.75, 3.05) is 24.6 Å². The van der Waals surface area contributed by atoms with Gasteiger partial charge in [0, 0.05) is 57.7 Å². The average Bonchev–Trinajstić information content (AvgIpc) is 3.19. The van der Waals surface area contributed by atoms with Crippen molar-refractivity contribution in [1.82, 2.24) is 9.71 Å². The Labute approximate surface area is 289 Å². The third kappa shape index (κ3) is 5.94. The number of ether oxygens (including phenoxy) is 1. The fraction of sp³-hybridized carbons (Fsp3) is 0.462. The van der Waals surface area contributed by atoms with Crippen LogP contribution in [-0.2, 0) is 27.1 Å². The van der Waals surface area contributed by atoms with Crippen molar-refractivity contribution >= 4 is 38.8 Å². The van der Waals surface area contributed by atoms with Crippen LogP contribution in [0.2, 0.25) is 5.02 Å². The van der Waals surface area contributed by atoms with E-state index in [1.54, 1.807) is 12.3 Å². The summed E-state index contributed by atoms with van der Waals surface area (Å²) in [5.41, 5.74) is 3.98. The van der Waals surface area contributed by atoms with Crippen LogP contribution in [0.25, 0.3) is 0 Å². The van der Waals surface area contributed by atoms with Gasteiger partial charge in [0.2, 0.25) is 0 Å². The van der Waals surface area contributed by atoms with E-state index in [4.69, 9.17) is 16.3 Å². The molecule has 0 saturated heterocycles. The first-order valence-electron chi connectivity index (χ1n) is 17.2. The zero-order valence-electron chi connectivity index (χ0n) is 28.1. The third-order valence-corrected chi connectivity index (χ3v) is 14.1. The molecule has 2 N–H and O–H groups in total. The normalized spacial score (nSPS) is 34.1. The molecule has 1 unspecified atom stereocenters. The number of allylic oxidation sites excluding steroid dienone is 1. The molecule has 2 aliphatic heterocycles. The fourth-order valence-electron chi connectivity index (χ4n) is 8.38. The van der Waals surface area contributed by atoms with Crippen molar-refractivity contribution in [1.29, 1.82) is 0 Å². The number of carbonyl (C=O) groups is 1. The Bertz CT molecular complexity index is 1860. The molecule has 4 aliphatic rings. The van der Waals surface area contributed by atoms with Crippen LogP contribution in [0, 0.1) is 24.7 Å². The van der Waals surface area contributed by atoms with Gasteiger partial charge in [-0.05, 0) is 118 Å². The Kier molecular flexibility index (Phi) is 8.66. The molecule has 7 atom stereocenters. The van der Waals surface area contributed by atoms with Gasteiger partial charge in [0.25, 0.3) is 5.91 Å². The molecule has 1 spiro atoms. The molecule has 2 aromatic carbocycles. The molecule has 7 rings (SSSR count). The molecule has 3 heterocycles. The number of nitrogens with zero attached hydrogens (tertiary/aromatic N) is 2. The molecule has 1 aromatic heterocycles. The summed E-state index contributed by atoms with van der Waals surface area (Å²) in [7, 11) is -2.99. The standard InChI is InChI=1S/C39H46ClN3O4S/c1-25-7-5-18-39(45,31-12-9-26(2)41-21-31)34-14-10-30(34)22-43-23-38(17-6-8-28-19-32(40)13-15-33(28)38)24-47-36-16-11-29(20-35(36)43)37(44)42-48(4,46)27(25)3/h5,9,11-13,15-16,18-21,25,27,30,34,45H,4,6-8,10,14,17,22-24H2,1-3H3,(H,42,44,46)/b18-5+/t25-,27+,30-,34+,38-,39+,48?/m0/s1. The summed E-state index contributed by atoms with van der Waals surface area (Å²) >= 11 is 6.46. The Morgan fingerprint density at radius 2 is 1.98 bits per heavy atom. The number of anilines is 1. The lowest BCUT2D eigenvalue weighted by atomic mass is 9.62. The van der Waals surface area contributed by atoms with Gasteiger partial charge in [-0.25, -0.2) is 4.21 Å². The summed E-state index contributed by atoms with van der Waals surface area (Å²) in [6.07, 6.45) is 11.2. The number of pyridine rings is 1. The second-order valence-electron chi connectivity index (χ2n) is 14.7. The second-order valence-corrected chi connectivity index (χ2v) is 17.6. The molecule has 2 aliphatic carbocycles. The van der Waals surface area contributed by atoms with E-state index in [0.29, 0.717) is 31.7 Å². The van der Waals surface area contributed by atoms with E-state index >= 15 is 0 Å². The summed E-state index contributed by atoms with van der Waals surface area (Å²) in [5.74, 6) is 4.40. The minimum Gasteiger partial charge on any atom is -0.490 e. The van der Waals surface area contributed by atoms with Crippen molar-refractivity contribution in [3.63, 3.8) is 0 Å². The molecular weight excluding hydrogens is 642 g/mol. The Hall–Kier alpha value is -3.33. The number of aryl methyl sites for hydroxylation is 2. The highest BCUT2D eigenvalue weighted by atomic mass is 35.5. The minimum atomic E-state index is -2.99. The van der Waals surface area contributed by atoms with Crippen LogP contribution in [0.1, 0.15) is 78.7 Å². The van der Waals surface area contributed by atoms with Crippen LogP contribution < -0.4 is 14.4 Å². The number of nitrogens with one attached hydrogen (secondary N) is 1. The maximum absolute atomic E-state index is 13.9. The number of amides is 1. The van der Waals surface area contributed by atoms with Gasteiger partial charge >= 0.3 is 0 Å². The van der Waals surface area contributed by atoms with E-state index in [-0.39, 0.29) is 23.2 Å². The van der Waals surface area contributed by atoms with Crippen LogP contribution in [-0.4, -0.2) is 51.0 Å². The maximum Gasteiger partial charge on any atom is 0.262 e. The van der Waals surface area contributed by atoms with Gasteiger partial charge in [-0.1, -0.05) is 42.8 Å². The molecule has 2 bridgehead atoms. The van der Waals surface area contributed by atoms with E-state index in [1.165, 1.54) is 11.1 Å². The minimum absolute atomic E-state index is 0.0385. The van der Waals surface area contributed by atoms with Gasteiger partial charge in [-0.2, -0.15) is 0 Å². The topological polar surface area (TPSA) is 91.8 Å². The molecule has 254 valence electrons. The molecule has 1 fully saturated rings. The van der Waals surface area contributed by atoms with Gasteiger partial charge in [-0.15, -0.1) is 0 Å². The van der Waals surface area contributed by atoms with Crippen molar-refractivity contribution in [2.45, 2.75) is 75.6 Å². The van der Waals surface area contributed by atoms with Crippen molar-refractivity contribution in [3.8, 4) is 5.75 Å². The number of aliphatic hydroxyl groups is 1. The zero-order valence-corrected chi connectivity index (χ0v) is 29.7. The first kappa shape index (κ1) is 33.2. The Morgan fingerprint density at radius 1 is 1.15 bits per heavy atom. The Morgan fingerprint density at radius 3 is 2.73 bits per heavy atom. The number of fused-ring (bicyclic) bond motifs is 4. The van der Waals surface area contributed by atoms with Gasteiger partial charge in [0.05, 0.1) is 22.0 Å². The maximum atomic E-state index is 13.9. The predicted molar refractivity (Wildman–Crippen MR) is 194 cm³/mol. The number of halogens is 1. The monoisotopic (exact) mass is 687 g/mol. The lowest BCUT2D eigenvalue weighted by Crippen LogP contribution is -2.51. The van der Waals surface area contributed by atoms with Crippen LogP contribution in [0.4, 0.5) is 5.69 Å². The number of benzene rings is 2. The van der Waals surface area contributed by atoms with Gasteiger partial charge in [0.1, 0.15) is 11.4 Å². The molecule has 9 heteroatoms. The zero-order chi connectivity index (χ0) is 33.8. The second kappa shape index (κ2) is 12.5. The average molecular weight is 688 g/mol. The lowest BCUT2D eigenvalue weighted by Gasteiger charge is -2.49. The first-order chi connectivity index (χ1) is 22.9. The van der Waals surface area contributed by atoms with E-state index in [2.05, 4.69) is 32.6 Å². The Balaban J connectivity index is 1.35. The molecule has 1 amide bonds. The summed E-state index contributed by atoms with van der Waals surface area (Å²) in [4.78, 5) is 20.6. The van der Waals surface area contributed by atoms with E-state index in [9.17, 15) is 14.1 Å². The highest BCUT2D eigenvalue weighted by Crippen LogP contribution is 2.50. The molecule has 48 heavy (non-hydrogen) atoms. The number of aromatic nitrogens is 1. The highest BCUT2D eigenvalue weighted by molar-refractivity contribution is 7.99. The number of rotatable bonds is 1. The van der Waals surface area contributed by atoms with E-state index < -0.39 is 26.5 Å². The van der Waals surface area contributed by atoms with Crippen molar-refractivity contribution in [2.24, 2.45) is 17.8 Å². The van der Waals surface area contributed by atoms with E-state index in [1.807, 2.05) is 63.3 Å². The number of hydrogen-bond acceptors (Lipinski definition) is 6. The van der Waals surface area contributed by atoms with Gasteiger partial charge in [-0.3, -0.25) is 14.5 Å². The smallest absolute Gasteiger partial charge is 0.262 e. The molecule has 3 aromatic rings. The highest BCUT2D eigenvalue weighted by Gasteiger charge is 2.49. The number of hydrogen-bond donors (Lipinski definition) is 2. The van der Waals surface area contributed by atoms with Crippen molar-refractivity contribution in [3.05, 3.63) is 99.9 Å². The summed E-state index contributed by atoms with van der Waals surface area (Å²) in [6.45, 7) is 7.73. The SMILES string of the molecule is C=S1(=O)NC(=O)c2ccc3c(c2)N(C[C@@H]2CC[C@H]2[C@](O)(c2ccc(C)nc2)/C=C/C[C@H](C)[C@H]1C)C[C@@]1(CCCc2cc(Cl)ccc21)CO3. The van der Waals surface area contributed by atoms with E-state index in [0.717, 1.165) is 59.8 Å². The van der Waals surface area contributed by atoms with Gasteiger partial charge < -0.3 is 14.7 Å². The molecule has 7 nitrogen and oxygen atoms in total. The van der Waals surface area contributed by atoms with Crippen LogP contribution in [0.3, 0.4) is 0 Å². The van der Waals surface area contributed by atoms with Crippen LogP contribution in [0.5, 0.6) is 5.75 Å². The third-order valence-electron chi connectivity index (χ3n) is 11.7. The largest absolute Gasteiger partial charge is 0.490 e. The predicted octanol–water partition coefficient (Wildman–Crippen LogP) is 6.78.